The van der Waals surface area contributed by atoms with Gasteiger partial charge in [-0.25, -0.2) is 4.98 Å². The molecule has 0 fully saturated rings. The lowest BCUT2D eigenvalue weighted by molar-refractivity contribution is -0.105. The van der Waals surface area contributed by atoms with Crippen LogP contribution in [0, 0.1) is 6.92 Å². The third-order valence-electron chi connectivity index (χ3n) is 2.90. The zero-order chi connectivity index (χ0) is 13.2. The Bertz CT molecular complexity index is 731. The van der Waals surface area contributed by atoms with Crippen molar-refractivity contribution in [2.75, 3.05) is 5.32 Å². The van der Waals surface area contributed by atoms with Gasteiger partial charge >= 0.3 is 0 Å². The van der Waals surface area contributed by atoms with E-state index in [9.17, 15) is 4.79 Å². The maximum Gasteiger partial charge on any atom is 0.211 e. The molecule has 3 aromatic rings. The van der Waals surface area contributed by atoms with Gasteiger partial charge < -0.3 is 5.32 Å². The summed E-state index contributed by atoms with van der Waals surface area (Å²) in [5.41, 5.74) is 4.12. The van der Waals surface area contributed by atoms with Crippen LogP contribution in [0.15, 0.2) is 42.5 Å². The maximum absolute atomic E-state index is 10.4. The van der Waals surface area contributed by atoms with Crippen molar-refractivity contribution in [3.63, 3.8) is 0 Å². The Morgan fingerprint density at radius 3 is 2.68 bits per heavy atom. The first-order chi connectivity index (χ1) is 9.26. The second-order valence-corrected chi connectivity index (χ2v) is 5.36. The zero-order valence-electron chi connectivity index (χ0n) is 10.4. The van der Waals surface area contributed by atoms with Gasteiger partial charge in [-0.05, 0) is 48.9 Å². The van der Waals surface area contributed by atoms with Gasteiger partial charge in [-0.3, -0.25) is 4.79 Å². The number of hydrogen-bond donors (Lipinski definition) is 1. The highest BCUT2D eigenvalue weighted by Gasteiger charge is 2.06. The predicted molar refractivity (Wildman–Crippen MR) is 79.5 cm³/mol. The van der Waals surface area contributed by atoms with Crippen molar-refractivity contribution in [3.8, 4) is 10.6 Å². The molecule has 0 unspecified atom stereocenters. The molecule has 1 amide bonds. The lowest BCUT2D eigenvalue weighted by Gasteiger charge is -1.99. The fourth-order valence-corrected chi connectivity index (χ4v) is 3.00. The summed E-state index contributed by atoms with van der Waals surface area (Å²) in [4.78, 5) is 15.0. The molecule has 3 nitrogen and oxygen atoms in total. The van der Waals surface area contributed by atoms with Crippen molar-refractivity contribution in [3.05, 3.63) is 48.0 Å². The average Bonchev–Trinajstić information content (AvgIpc) is 2.83. The van der Waals surface area contributed by atoms with Gasteiger partial charge in [-0.2, -0.15) is 0 Å². The molecule has 0 aliphatic carbocycles. The van der Waals surface area contributed by atoms with E-state index < -0.39 is 0 Å². The van der Waals surface area contributed by atoms with Crippen LogP contribution in [0.5, 0.6) is 0 Å². The Hall–Kier alpha value is -2.20. The van der Waals surface area contributed by atoms with Gasteiger partial charge in [0.1, 0.15) is 5.01 Å². The standard InChI is InChI=1S/C15H12N2OS/c1-10-2-7-13-14(8-10)19-15(17-13)11-3-5-12(6-4-11)16-9-18/h2-9H,1H3,(H,16,18). The van der Waals surface area contributed by atoms with Gasteiger partial charge in [0.2, 0.25) is 6.41 Å². The minimum Gasteiger partial charge on any atom is -0.329 e. The van der Waals surface area contributed by atoms with E-state index in [0.29, 0.717) is 6.41 Å². The van der Waals surface area contributed by atoms with Crippen molar-refractivity contribution in [2.45, 2.75) is 6.92 Å². The number of nitrogens with one attached hydrogen (secondary N) is 1. The molecule has 0 atom stereocenters. The summed E-state index contributed by atoms with van der Waals surface area (Å²) in [5, 5.41) is 3.62. The van der Waals surface area contributed by atoms with Gasteiger partial charge in [0.05, 0.1) is 10.2 Å². The number of carbonyl (C=O) groups is 1. The van der Waals surface area contributed by atoms with Crippen LogP contribution in [0.1, 0.15) is 5.56 Å². The maximum atomic E-state index is 10.4. The fourth-order valence-electron chi connectivity index (χ4n) is 1.93. The van der Waals surface area contributed by atoms with Gasteiger partial charge in [0.25, 0.3) is 0 Å². The number of fused-ring (bicyclic) bond motifs is 1. The molecular formula is C15H12N2OS. The SMILES string of the molecule is Cc1ccc2nc(-c3ccc(NC=O)cc3)sc2c1. The van der Waals surface area contributed by atoms with E-state index in [0.717, 1.165) is 21.8 Å². The van der Waals surface area contributed by atoms with Crippen molar-refractivity contribution in [1.29, 1.82) is 0 Å². The quantitative estimate of drug-likeness (QED) is 0.733. The van der Waals surface area contributed by atoms with E-state index in [1.807, 2.05) is 30.3 Å². The summed E-state index contributed by atoms with van der Waals surface area (Å²) in [6.07, 6.45) is 0.676. The highest BCUT2D eigenvalue weighted by molar-refractivity contribution is 7.21. The Kier molecular flexibility index (Phi) is 3.01. The van der Waals surface area contributed by atoms with Gasteiger partial charge in [-0.15, -0.1) is 11.3 Å². The normalized spacial score (nSPS) is 10.6. The minimum absolute atomic E-state index is 0.676. The number of carbonyl (C=O) groups excluding carboxylic acids is 1. The van der Waals surface area contributed by atoms with Crippen molar-refractivity contribution in [2.24, 2.45) is 0 Å². The number of amides is 1. The van der Waals surface area contributed by atoms with E-state index in [4.69, 9.17) is 0 Å². The molecule has 2 aromatic carbocycles. The van der Waals surface area contributed by atoms with Gasteiger partial charge in [0, 0.05) is 11.3 Å². The summed E-state index contributed by atoms with van der Waals surface area (Å²) in [5.74, 6) is 0. The molecular weight excluding hydrogens is 256 g/mol. The predicted octanol–water partition coefficient (Wildman–Crippen LogP) is 3.84. The van der Waals surface area contributed by atoms with Crippen molar-refractivity contribution >= 4 is 33.7 Å². The second-order valence-electron chi connectivity index (χ2n) is 4.33. The number of benzene rings is 2. The third kappa shape index (κ3) is 2.35. The summed E-state index contributed by atoms with van der Waals surface area (Å²) in [6, 6.07) is 14.0. The Morgan fingerprint density at radius 1 is 1.16 bits per heavy atom. The smallest absolute Gasteiger partial charge is 0.211 e. The van der Waals surface area contributed by atoms with Crippen LogP contribution in [0.4, 0.5) is 5.69 Å². The second kappa shape index (κ2) is 4.82. The number of nitrogens with zero attached hydrogens (tertiary/aromatic N) is 1. The number of anilines is 1. The molecule has 94 valence electrons. The lowest BCUT2D eigenvalue weighted by Crippen LogP contribution is -1.92. The number of hydrogen-bond acceptors (Lipinski definition) is 3. The molecule has 1 aromatic heterocycles. The summed E-state index contributed by atoms with van der Waals surface area (Å²) in [7, 11) is 0. The van der Waals surface area contributed by atoms with Crippen LogP contribution in [0.25, 0.3) is 20.8 Å². The Morgan fingerprint density at radius 2 is 1.95 bits per heavy atom. The molecule has 1 N–H and O–H groups in total. The monoisotopic (exact) mass is 268 g/mol. The molecule has 4 heteroatoms. The van der Waals surface area contributed by atoms with Crippen molar-refractivity contribution in [1.82, 2.24) is 4.98 Å². The first-order valence-electron chi connectivity index (χ1n) is 5.94. The number of rotatable bonds is 3. The molecule has 0 saturated carbocycles. The van der Waals surface area contributed by atoms with E-state index >= 15 is 0 Å². The fraction of sp³-hybridized carbons (Fsp3) is 0.0667. The minimum atomic E-state index is 0.676. The lowest BCUT2D eigenvalue weighted by atomic mass is 10.2. The van der Waals surface area contributed by atoms with Crippen LogP contribution < -0.4 is 5.32 Å². The number of thiazole rings is 1. The molecule has 0 bridgehead atoms. The van der Waals surface area contributed by atoms with Crippen LogP contribution in [-0.4, -0.2) is 11.4 Å². The highest BCUT2D eigenvalue weighted by atomic mass is 32.1. The molecule has 3 rings (SSSR count). The Balaban J connectivity index is 2.01. The molecule has 0 aliphatic rings. The Labute approximate surface area is 114 Å². The molecule has 0 spiro atoms. The van der Waals surface area contributed by atoms with Gasteiger partial charge in [0.15, 0.2) is 0 Å². The summed E-state index contributed by atoms with van der Waals surface area (Å²) >= 11 is 1.68. The van der Waals surface area contributed by atoms with Crippen LogP contribution in [-0.2, 0) is 4.79 Å². The first kappa shape index (κ1) is 11.9. The van der Waals surface area contributed by atoms with Crippen LogP contribution >= 0.6 is 11.3 Å². The molecule has 0 saturated heterocycles. The summed E-state index contributed by atoms with van der Waals surface area (Å²) < 4.78 is 1.20. The third-order valence-corrected chi connectivity index (χ3v) is 3.97. The van der Waals surface area contributed by atoms with E-state index in [-0.39, 0.29) is 0 Å². The molecule has 0 radical (unpaired) electrons. The van der Waals surface area contributed by atoms with E-state index in [1.165, 1.54) is 10.3 Å². The highest BCUT2D eigenvalue weighted by Crippen LogP contribution is 2.31. The van der Waals surface area contributed by atoms with Crippen LogP contribution in [0.2, 0.25) is 0 Å². The molecule has 0 aliphatic heterocycles. The zero-order valence-corrected chi connectivity index (χ0v) is 11.2. The summed E-state index contributed by atoms with van der Waals surface area (Å²) in [6.45, 7) is 2.08. The van der Waals surface area contributed by atoms with Crippen LogP contribution in [0.3, 0.4) is 0 Å². The first-order valence-corrected chi connectivity index (χ1v) is 6.76. The largest absolute Gasteiger partial charge is 0.329 e. The topological polar surface area (TPSA) is 42.0 Å². The van der Waals surface area contributed by atoms with Crippen molar-refractivity contribution < 1.29 is 4.79 Å². The van der Waals surface area contributed by atoms with E-state index in [1.54, 1.807) is 11.3 Å². The van der Waals surface area contributed by atoms with Gasteiger partial charge in [-0.1, -0.05) is 6.07 Å². The number of aryl methyl sites for hydroxylation is 1. The number of aromatic nitrogens is 1. The van der Waals surface area contributed by atoms with E-state index in [2.05, 4.69) is 29.4 Å². The average molecular weight is 268 g/mol. The molecule has 19 heavy (non-hydrogen) atoms. The molecule has 1 heterocycles.